The van der Waals surface area contributed by atoms with Crippen LogP contribution in [0.2, 0.25) is 0 Å². The number of nitrogens with zero attached hydrogens (tertiary/aromatic N) is 1. The van der Waals surface area contributed by atoms with Gasteiger partial charge in [-0.1, -0.05) is 17.4 Å². The van der Waals surface area contributed by atoms with Gasteiger partial charge >= 0.3 is 6.18 Å². The molecule has 0 radical (unpaired) electrons. The first-order valence-electron chi connectivity index (χ1n) is 7.53. The van der Waals surface area contributed by atoms with Crippen LogP contribution in [0.15, 0.2) is 36.4 Å². The number of phenols is 1. The van der Waals surface area contributed by atoms with Crippen LogP contribution in [0.4, 0.5) is 24.0 Å². The molecule has 1 amide bonds. The number of hydrogen-bond donors (Lipinski definition) is 3. The number of amides is 1. The lowest BCUT2D eigenvalue weighted by molar-refractivity contribution is -0.138. The lowest BCUT2D eigenvalue weighted by Crippen LogP contribution is -2.07. The van der Waals surface area contributed by atoms with Crippen molar-refractivity contribution in [3.63, 3.8) is 0 Å². The van der Waals surface area contributed by atoms with Crippen LogP contribution in [0.3, 0.4) is 0 Å². The first-order chi connectivity index (χ1) is 12.2. The molecule has 0 bridgehead atoms. The number of anilines is 2. The Balaban J connectivity index is 1.76. The van der Waals surface area contributed by atoms with E-state index in [1.165, 1.54) is 24.3 Å². The number of nitrogens with one attached hydrogen (secondary N) is 2. The number of thiazole rings is 1. The Bertz CT molecular complexity index is 970. The van der Waals surface area contributed by atoms with E-state index in [1.807, 2.05) is 0 Å². The monoisotopic (exact) mass is 381 g/mol. The summed E-state index contributed by atoms with van der Waals surface area (Å²) >= 11 is 1.33. The van der Waals surface area contributed by atoms with Gasteiger partial charge in [0.2, 0.25) is 5.91 Å². The molecular weight excluding hydrogens is 367 g/mol. The average molecular weight is 381 g/mol. The van der Waals surface area contributed by atoms with Crippen molar-refractivity contribution >= 4 is 38.3 Å². The maximum atomic E-state index is 12.8. The van der Waals surface area contributed by atoms with E-state index in [2.05, 4.69) is 15.6 Å². The molecule has 9 heteroatoms. The largest absolute Gasteiger partial charge is 0.507 e. The summed E-state index contributed by atoms with van der Waals surface area (Å²) in [6.07, 6.45) is -4.62. The maximum absolute atomic E-state index is 12.8. The predicted molar refractivity (Wildman–Crippen MR) is 94.4 cm³/mol. The molecule has 1 heterocycles. The molecule has 0 saturated carbocycles. The fourth-order valence-electron chi connectivity index (χ4n) is 2.38. The molecular formula is C17H14F3N3O2S. The van der Waals surface area contributed by atoms with Gasteiger partial charge in [-0.2, -0.15) is 13.2 Å². The highest BCUT2D eigenvalue weighted by Crippen LogP contribution is 2.36. The van der Waals surface area contributed by atoms with Crippen LogP contribution in [-0.2, 0) is 17.5 Å². The number of aromatic nitrogens is 1. The number of carbonyl (C=O) groups is 1. The second-order valence-corrected chi connectivity index (χ2v) is 6.62. The molecule has 0 aliphatic rings. The van der Waals surface area contributed by atoms with Crippen molar-refractivity contribution < 1.29 is 23.1 Å². The van der Waals surface area contributed by atoms with E-state index < -0.39 is 17.5 Å². The van der Waals surface area contributed by atoms with Gasteiger partial charge in [-0.15, -0.1) is 0 Å². The summed E-state index contributed by atoms with van der Waals surface area (Å²) in [6, 6.07) is 8.61. The fraction of sp³-hybridized carbons (Fsp3) is 0.176. The van der Waals surface area contributed by atoms with Gasteiger partial charge in [0, 0.05) is 19.2 Å². The van der Waals surface area contributed by atoms with Crippen molar-refractivity contribution in [2.24, 2.45) is 0 Å². The van der Waals surface area contributed by atoms with Gasteiger partial charge in [-0.05, 0) is 35.9 Å². The number of halogens is 3. The lowest BCUT2D eigenvalue weighted by Gasteiger charge is -2.11. The predicted octanol–water partition coefficient (Wildman–Crippen LogP) is 4.59. The highest BCUT2D eigenvalue weighted by atomic mass is 32.1. The molecule has 136 valence electrons. The third kappa shape index (κ3) is 4.05. The molecule has 1 aromatic heterocycles. The molecule has 5 nitrogen and oxygen atoms in total. The zero-order valence-electron chi connectivity index (χ0n) is 13.5. The Morgan fingerprint density at radius 3 is 2.69 bits per heavy atom. The minimum absolute atomic E-state index is 0.127. The van der Waals surface area contributed by atoms with Gasteiger partial charge < -0.3 is 15.7 Å². The molecule has 0 aliphatic carbocycles. The topological polar surface area (TPSA) is 74.2 Å². The number of fused-ring (bicyclic) bond motifs is 1. The number of alkyl halides is 3. The van der Waals surface area contributed by atoms with Gasteiger partial charge in [0.05, 0.1) is 15.8 Å². The van der Waals surface area contributed by atoms with Gasteiger partial charge in [0.1, 0.15) is 5.75 Å². The van der Waals surface area contributed by atoms with Gasteiger partial charge in [0.15, 0.2) is 5.13 Å². The number of benzene rings is 2. The molecule has 0 saturated heterocycles. The highest BCUT2D eigenvalue weighted by molar-refractivity contribution is 7.22. The van der Waals surface area contributed by atoms with Crippen molar-refractivity contribution in [1.82, 2.24) is 4.98 Å². The summed E-state index contributed by atoms with van der Waals surface area (Å²) in [6.45, 7) is 1.54. The van der Waals surface area contributed by atoms with E-state index in [9.17, 15) is 23.1 Å². The van der Waals surface area contributed by atoms with E-state index >= 15 is 0 Å². The summed E-state index contributed by atoms with van der Waals surface area (Å²) in [5.74, 6) is -0.980. The number of phenolic OH excluding ortho intramolecular Hbond substituents is 1. The molecule has 0 spiro atoms. The minimum Gasteiger partial charge on any atom is -0.507 e. The molecule has 3 aromatic rings. The van der Waals surface area contributed by atoms with Crippen LogP contribution in [0.5, 0.6) is 5.75 Å². The fourth-order valence-corrected chi connectivity index (χ4v) is 3.28. The number of aromatic hydroxyl groups is 1. The number of rotatable bonds is 4. The van der Waals surface area contributed by atoms with Crippen LogP contribution >= 0.6 is 11.3 Å². The first-order valence-corrected chi connectivity index (χ1v) is 8.35. The summed E-state index contributed by atoms with van der Waals surface area (Å²) in [5.41, 5.74) is 0.663. The standard InChI is InChI=1S/C17H14F3N3O2S/c1-9(24)22-11-3-4-13-15(7-11)26-16(23-13)21-8-10-2-5-14(25)12(6-10)17(18,19)20/h2-7,25H,8H2,1H3,(H,21,23)(H,22,24). The Kier molecular flexibility index (Phi) is 4.73. The summed E-state index contributed by atoms with van der Waals surface area (Å²) in [7, 11) is 0. The van der Waals surface area contributed by atoms with E-state index in [0.29, 0.717) is 21.9 Å². The van der Waals surface area contributed by atoms with Gasteiger partial charge in [0.25, 0.3) is 0 Å². The average Bonchev–Trinajstić information content (AvgIpc) is 2.94. The second-order valence-electron chi connectivity index (χ2n) is 5.59. The Morgan fingerprint density at radius 1 is 1.23 bits per heavy atom. The van der Waals surface area contributed by atoms with Crippen molar-refractivity contribution in [2.75, 3.05) is 10.6 Å². The van der Waals surface area contributed by atoms with E-state index in [0.717, 1.165) is 16.8 Å². The molecule has 0 atom stereocenters. The molecule has 3 rings (SSSR count). The zero-order valence-corrected chi connectivity index (χ0v) is 14.3. The van der Waals surface area contributed by atoms with E-state index in [4.69, 9.17) is 0 Å². The lowest BCUT2D eigenvalue weighted by atomic mass is 10.1. The molecule has 0 unspecified atom stereocenters. The number of carbonyl (C=O) groups excluding carboxylic acids is 1. The smallest absolute Gasteiger partial charge is 0.419 e. The maximum Gasteiger partial charge on any atom is 0.419 e. The molecule has 0 aliphatic heterocycles. The Morgan fingerprint density at radius 2 is 2.00 bits per heavy atom. The van der Waals surface area contributed by atoms with Crippen LogP contribution in [0.1, 0.15) is 18.1 Å². The van der Waals surface area contributed by atoms with Crippen LogP contribution in [-0.4, -0.2) is 16.0 Å². The van der Waals surface area contributed by atoms with Crippen molar-refractivity contribution in [3.8, 4) is 5.75 Å². The molecule has 0 fully saturated rings. The van der Waals surface area contributed by atoms with Crippen LogP contribution in [0.25, 0.3) is 10.2 Å². The van der Waals surface area contributed by atoms with Crippen LogP contribution in [0, 0.1) is 0 Å². The van der Waals surface area contributed by atoms with Crippen molar-refractivity contribution in [1.29, 1.82) is 0 Å². The quantitative estimate of drug-likeness (QED) is 0.618. The van der Waals surface area contributed by atoms with Crippen molar-refractivity contribution in [3.05, 3.63) is 47.5 Å². The SMILES string of the molecule is CC(=O)Nc1ccc2nc(NCc3ccc(O)c(C(F)(F)F)c3)sc2c1. The number of hydrogen-bond acceptors (Lipinski definition) is 5. The molecule has 3 N–H and O–H groups in total. The molecule has 26 heavy (non-hydrogen) atoms. The third-order valence-corrected chi connectivity index (χ3v) is 4.49. The third-order valence-electron chi connectivity index (χ3n) is 3.52. The highest BCUT2D eigenvalue weighted by Gasteiger charge is 2.33. The van der Waals surface area contributed by atoms with E-state index in [1.54, 1.807) is 18.2 Å². The normalized spacial score (nSPS) is 11.5. The van der Waals surface area contributed by atoms with Gasteiger partial charge in [-0.25, -0.2) is 4.98 Å². The molecule has 2 aromatic carbocycles. The van der Waals surface area contributed by atoms with E-state index in [-0.39, 0.29) is 12.5 Å². The zero-order chi connectivity index (χ0) is 18.9. The second kappa shape index (κ2) is 6.83. The van der Waals surface area contributed by atoms with Crippen molar-refractivity contribution in [2.45, 2.75) is 19.6 Å². The van der Waals surface area contributed by atoms with Crippen LogP contribution < -0.4 is 10.6 Å². The summed E-state index contributed by atoms with van der Waals surface area (Å²) < 4.78 is 39.4. The Hall–Kier alpha value is -2.81. The minimum atomic E-state index is -4.62. The summed E-state index contributed by atoms with van der Waals surface area (Å²) in [4.78, 5) is 15.5. The Labute approximate surface area is 150 Å². The first kappa shape index (κ1) is 18.0. The van der Waals surface area contributed by atoms with Gasteiger partial charge in [-0.3, -0.25) is 4.79 Å². The summed E-state index contributed by atoms with van der Waals surface area (Å²) in [5, 5.41) is 15.6.